The first-order valence-corrected chi connectivity index (χ1v) is 7.46. The van der Waals surface area contributed by atoms with Gasteiger partial charge in [-0.2, -0.15) is 0 Å². The largest absolute Gasteiger partial charge is 0.496 e. The van der Waals surface area contributed by atoms with E-state index in [0.29, 0.717) is 13.0 Å². The number of nitrogens with one attached hydrogen (secondary N) is 2. The maximum Gasteiger partial charge on any atom is 0.319 e. The van der Waals surface area contributed by atoms with Crippen LogP contribution in [0.1, 0.15) is 11.1 Å². The normalized spacial score (nSPS) is 10.0. The zero-order valence-corrected chi connectivity index (χ0v) is 13.7. The molecule has 0 aliphatic heterocycles. The van der Waals surface area contributed by atoms with Crippen molar-refractivity contribution in [2.24, 2.45) is 0 Å². The van der Waals surface area contributed by atoms with Gasteiger partial charge in [0.2, 0.25) is 0 Å². The summed E-state index contributed by atoms with van der Waals surface area (Å²) in [4.78, 5) is 11.9. The van der Waals surface area contributed by atoms with Crippen molar-refractivity contribution < 1.29 is 14.3 Å². The predicted molar refractivity (Wildman–Crippen MR) is 91.5 cm³/mol. The summed E-state index contributed by atoms with van der Waals surface area (Å²) in [6.45, 7) is 2.47. The maximum atomic E-state index is 11.9. The third-order valence-electron chi connectivity index (χ3n) is 3.57. The van der Waals surface area contributed by atoms with Crippen molar-refractivity contribution in [1.82, 2.24) is 5.32 Å². The number of anilines is 1. The summed E-state index contributed by atoms with van der Waals surface area (Å²) in [7, 11) is 3.28. The van der Waals surface area contributed by atoms with Crippen molar-refractivity contribution >= 4 is 11.7 Å². The van der Waals surface area contributed by atoms with Crippen LogP contribution in [0, 0.1) is 6.92 Å². The molecule has 0 aliphatic carbocycles. The third-order valence-corrected chi connectivity index (χ3v) is 3.57. The van der Waals surface area contributed by atoms with E-state index < -0.39 is 0 Å². The van der Waals surface area contributed by atoms with Crippen LogP contribution in [0.5, 0.6) is 11.5 Å². The lowest BCUT2D eigenvalue weighted by molar-refractivity contribution is 0.252. The first-order valence-electron chi connectivity index (χ1n) is 7.46. The van der Waals surface area contributed by atoms with E-state index in [9.17, 15) is 4.79 Å². The molecule has 2 amide bonds. The Balaban J connectivity index is 1.91. The number of carbonyl (C=O) groups is 1. The van der Waals surface area contributed by atoms with E-state index >= 15 is 0 Å². The molecule has 23 heavy (non-hydrogen) atoms. The quantitative estimate of drug-likeness (QED) is 0.859. The Labute approximate surface area is 136 Å². The number of benzene rings is 2. The van der Waals surface area contributed by atoms with Crippen LogP contribution in [0.2, 0.25) is 0 Å². The summed E-state index contributed by atoms with van der Waals surface area (Å²) in [5.41, 5.74) is 2.76. The molecule has 2 aromatic carbocycles. The summed E-state index contributed by atoms with van der Waals surface area (Å²) in [5.74, 6) is 1.59. The summed E-state index contributed by atoms with van der Waals surface area (Å²) >= 11 is 0. The second-order valence-corrected chi connectivity index (χ2v) is 5.08. The van der Waals surface area contributed by atoms with Gasteiger partial charge in [0.05, 0.1) is 14.2 Å². The fourth-order valence-electron chi connectivity index (χ4n) is 2.44. The van der Waals surface area contributed by atoms with Gasteiger partial charge in [-0.3, -0.25) is 0 Å². The van der Waals surface area contributed by atoms with Crippen LogP contribution in [0.3, 0.4) is 0 Å². The number of ether oxygens (including phenoxy) is 2. The minimum absolute atomic E-state index is 0.222. The highest BCUT2D eigenvalue weighted by Crippen LogP contribution is 2.31. The molecule has 5 nitrogen and oxygen atoms in total. The highest BCUT2D eigenvalue weighted by Gasteiger charge is 2.11. The van der Waals surface area contributed by atoms with Crippen molar-refractivity contribution in [1.29, 1.82) is 0 Å². The summed E-state index contributed by atoms with van der Waals surface area (Å²) in [6, 6.07) is 13.0. The van der Waals surface area contributed by atoms with Crippen molar-refractivity contribution in [2.75, 3.05) is 26.1 Å². The van der Waals surface area contributed by atoms with Crippen molar-refractivity contribution in [3.05, 3.63) is 53.6 Å². The molecule has 5 heteroatoms. The zero-order chi connectivity index (χ0) is 16.7. The van der Waals surface area contributed by atoms with E-state index in [4.69, 9.17) is 9.47 Å². The number of methoxy groups -OCH3 is 2. The number of amides is 2. The first-order chi connectivity index (χ1) is 11.2. The average molecular weight is 314 g/mol. The minimum atomic E-state index is -0.222. The Kier molecular flexibility index (Phi) is 5.86. The topological polar surface area (TPSA) is 59.6 Å². The fourth-order valence-corrected chi connectivity index (χ4v) is 2.44. The van der Waals surface area contributed by atoms with E-state index in [1.54, 1.807) is 14.2 Å². The molecule has 0 fully saturated rings. The van der Waals surface area contributed by atoms with E-state index in [1.165, 1.54) is 0 Å². The number of hydrogen-bond donors (Lipinski definition) is 2. The number of carbonyl (C=O) groups excluding carboxylic acids is 1. The maximum absolute atomic E-state index is 11.9. The van der Waals surface area contributed by atoms with Crippen LogP contribution in [0.15, 0.2) is 42.5 Å². The monoisotopic (exact) mass is 314 g/mol. The highest BCUT2D eigenvalue weighted by molar-refractivity contribution is 5.89. The molecule has 2 rings (SSSR count). The molecule has 0 aliphatic rings. The molecule has 0 saturated heterocycles. The van der Waals surface area contributed by atoms with Crippen LogP contribution in [0.25, 0.3) is 0 Å². The van der Waals surface area contributed by atoms with Gasteiger partial charge < -0.3 is 20.1 Å². The molecule has 2 aromatic rings. The van der Waals surface area contributed by atoms with Crippen LogP contribution < -0.4 is 20.1 Å². The number of para-hydroxylation sites is 1. The second-order valence-electron chi connectivity index (χ2n) is 5.08. The smallest absolute Gasteiger partial charge is 0.319 e. The van der Waals surface area contributed by atoms with Crippen LogP contribution in [-0.2, 0) is 6.42 Å². The summed E-state index contributed by atoms with van der Waals surface area (Å²) < 4.78 is 10.8. The molecule has 0 aromatic heterocycles. The minimum Gasteiger partial charge on any atom is -0.496 e. The van der Waals surface area contributed by atoms with Gasteiger partial charge in [0.25, 0.3) is 0 Å². The molecule has 0 heterocycles. The van der Waals surface area contributed by atoms with Gasteiger partial charge in [0, 0.05) is 17.8 Å². The standard InChI is InChI=1S/C18H22N2O3/c1-13-16(22-2)10-9-14(17(13)23-3)11-12-19-18(21)20-15-7-5-4-6-8-15/h4-10H,11-12H2,1-3H3,(H2,19,20,21). The van der Waals surface area contributed by atoms with Crippen molar-refractivity contribution in [2.45, 2.75) is 13.3 Å². The van der Waals surface area contributed by atoms with Gasteiger partial charge in [0.1, 0.15) is 11.5 Å². The Morgan fingerprint density at radius 1 is 1.04 bits per heavy atom. The van der Waals surface area contributed by atoms with E-state index in [2.05, 4.69) is 10.6 Å². The molecule has 0 saturated carbocycles. The molecular weight excluding hydrogens is 292 g/mol. The Morgan fingerprint density at radius 3 is 2.43 bits per heavy atom. The molecule has 0 radical (unpaired) electrons. The Bertz CT molecular complexity index is 657. The lowest BCUT2D eigenvalue weighted by Crippen LogP contribution is -2.30. The van der Waals surface area contributed by atoms with Crippen LogP contribution >= 0.6 is 0 Å². The third kappa shape index (κ3) is 4.39. The van der Waals surface area contributed by atoms with Gasteiger partial charge >= 0.3 is 6.03 Å². The van der Waals surface area contributed by atoms with Crippen LogP contribution in [0.4, 0.5) is 10.5 Å². The molecule has 2 N–H and O–H groups in total. The summed E-state index contributed by atoms with van der Waals surface area (Å²) in [5, 5.41) is 5.63. The SMILES string of the molecule is COc1ccc(CCNC(=O)Nc2ccccc2)c(OC)c1C. The van der Waals surface area contributed by atoms with Crippen molar-refractivity contribution in [3.8, 4) is 11.5 Å². The predicted octanol–water partition coefficient (Wildman–Crippen LogP) is 3.38. The Morgan fingerprint density at radius 2 is 1.78 bits per heavy atom. The van der Waals surface area contributed by atoms with Gasteiger partial charge in [0.15, 0.2) is 0 Å². The van der Waals surface area contributed by atoms with Crippen LogP contribution in [-0.4, -0.2) is 26.8 Å². The van der Waals surface area contributed by atoms with Gasteiger partial charge in [-0.05, 0) is 37.1 Å². The van der Waals surface area contributed by atoms with E-state index in [0.717, 1.165) is 28.3 Å². The lowest BCUT2D eigenvalue weighted by Gasteiger charge is -2.15. The average Bonchev–Trinajstić information content (AvgIpc) is 2.56. The van der Waals surface area contributed by atoms with Gasteiger partial charge in [-0.25, -0.2) is 4.79 Å². The lowest BCUT2D eigenvalue weighted by atomic mass is 10.1. The number of hydrogen-bond acceptors (Lipinski definition) is 3. The zero-order valence-electron chi connectivity index (χ0n) is 13.7. The molecule has 0 unspecified atom stereocenters. The second kappa shape index (κ2) is 8.08. The van der Waals surface area contributed by atoms with Gasteiger partial charge in [-0.15, -0.1) is 0 Å². The molecule has 0 bridgehead atoms. The fraction of sp³-hybridized carbons (Fsp3) is 0.278. The molecular formula is C18H22N2O3. The van der Waals surface area contributed by atoms with E-state index in [1.807, 2.05) is 49.4 Å². The first kappa shape index (κ1) is 16.7. The highest BCUT2D eigenvalue weighted by atomic mass is 16.5. The van der Waals surface area contributed by atoms with Crippen molar-refractivity contribution in [3.63, 3.8) is 0 Å². The molecule has 0 spiro atoms. The van der Waals surface area contributed by atoms with Gasteiger partial charge in [-0.1, -0.05) is 24.3 Å². The number of urea groups is 1. The number of rotatable bonds is 6. The van der Waals surface area contributed by atoms with E-state index in [-0.39, 0.29) is 6.03 Å². The molecule has 122 valence electrons. The summed E-state index contributed by atoms with van der Waals surface area (Å²) in [6.07, 6.45) is 0.677. The molecule has 0 atom stereocenters. The Hall–Kier alpha value is -2.69.